The third kappa shape index (κ3) is 6.91. The number of alkyl halides is 3. The largest absolute Gasteiger partial charge is 0.433 e. The summed E-state index contributed by atoms with van der Waals surface area (Å²) in [6.07, 6.45) is 0.562. The van der Waals surface area contributed by atoms with Gasteiger partial charge < -0.3 is 10.2 Å². The predicted molar refractivity (Wildman–Crippen MR) is 116 cm³/mol. The zero-order valence-electron chi connectivity index (χ0n) is 17.6. The third-order valence-corrected chi connectivity index (χ3v) is 5.40. The molecule has 1 amide bonds. The number of carbonyl (C=O) groups is 1. The molecule has 178 valence electrons. The van der Waals surface area contributed by atoms with Crippen LogP contribution < -0.4 is 14.9 Å². The number of nitrogens with zero attached hydrogens (tertiary/aromatic N) is 2. The number of amides is 1. The second-order valence-corrected chi connectivity index (χ2v) is 9.29. The number of sulfonamides is 1. The van der Waals surface area contributed by atoms with Crippen molar-refractivity contribution in [1.29, 1.82) is 0 Å². The molecular weight excluding hydrogens is 464 g/mol. The summed E-state index contributed by atoms with van der Waals surface area (Å²) in [7, 11) is -3.63. The molecule has 1 aliphatic rings. The van der Waals surface area contributed by atoms with Gasteiger partial charge in [0.2, 0.25) is 15.9 Å². The molecule has 3 rings (SSSR count). The molecule has 2 N–H and O–H groups in total. The Labute approximate surface area is 188 Å². The molecule has 12 heteroatoms. The highest BCUT2D eigenvalue weighted by atomic mass is 32.2. The topological polar surface area (TPSA) is 91.4 Å². The van der Waals surface area contributed by atoms with Gasteiger partial charge in [0.05, 0.1) is 11.9 Å². The minimum absolute atomic E-state index is 0.0382. The van der Waals surface area contributed by atoms with E-state index in [4.69, 9.17) is 0 Å². The van der Waals surface area contributed by atoms with E-state index >= 15 is 0 Å². The summed E-state index contributed by atoms with van der Waals surface area (Å²) < 4.78 is 77.7. The van der Waals surface area contributed by atoms with Gasteiger partial charge in [-0.2, -0.15) is 13.2 Å². The van der Waals surface area contributed by atoms with Crippen LogP contribution in [0.2, 0.25) is 0 Å². The zero-order valence-corrected chi connectivity index (χ0v) is 18.4. The molecule has 7 nitrogen and oxygen atoms in total. The normalized spacial score (nSPS) is 14.6. The number of pyridine rings is 1. The fourth-order valence-electron chi connectivity index (χ4n) is 3.29. The molecule has 1 aromatic carbocycles. The summed E-state index contributed by atoms with van der Waals surface area (Å²) in [6, 6.07) is 5.92. The van der Waals surface area contributed by atoms with Crippen molar-refractivity contribution in [2.45, 2.75) is 25.6 Å². The third-order valence-electron chi connectivity index (χ3n) is 4.81. The first kappa shape index (κ1) is 24.5. The van der Waals surface area contributed by atoms with Gasteiger partial charge >= 0.3 is 6.18 Å². The average Bonchev–Trinajstić information content (AvgIpc) is 3.25. The van der Waals surface area contributed by atoms with E-state index in [2.05, 4.69) is 10.3 Å². The lowest BCUT2D eigenvalue weighted by Crippen LogP contribution is -2.22. The number of aromatic nitrogens is 1. The van der Waals surface area contributed by atoms with E-state index in [1.807, 2.05) is 4.72 Å². The van der Waals surface area contributed by atoms with Gasteiger partial charge in [0.1, 0.15) is 17.3 Å². The fraction of sp³-hybridized carbons (Fsp3) is 0.333. The van der Waals surface area contributed by atoms with Crippen LogP contribution in [-0.2, 0) is 27.5 Å². The minimum Gasteiger partial charge on any atom is -0.356 e. The molecule has 1 fully saturated rings. The van der Waals surface area contributed by atoms with Gasteiger partial charge in [0, 0.05) is 31.3 Å². The monoisotopic (exact) mass is 486 g/mol. The lowest BCUT2D eigenvalue weighted by molar-refractivity contribution is -0.141. The van der Waals surface area contributed by atoms with E-state index in [1.165, 1.54) is 30.4 Å². The molecule has 33 heavy (non-hydrogen) atoms. The van der Waals surface area contributed by atoms with E-state index in [9.17, 15) is 30.8 Å². The van der Waals surface area contributed by atoms with E-state index in [0.29, 0.717) is 24.2 Å². The van der Waals surface area contributed by atoms with Gasteiger partial charge in [0.25, 0.3) is 0 Å². The quantitative estimate of drug-likeness (QED) is 0.462. The highest BCUT2D eigenvalue weighted by Gasteiger charge is 2.33. The van der Waals surface area contributed by atoms with Gasteiger partial charge in [-0.05, 0) is 48.7 Å². The van der Waals surface area contributed by atoms with Crippen molar-refractivity contribution in [2.24, 2.45) is 0 Å². The molecule has 2 aromatic rings. The molecular formula is C21H22F4N4O3S. The maximum absolute atomic E-state index is 14.0. The second kappa shape index (κ2) is 9.77. The van der Waals surface area contributed by atoms with Crippen molar-refractivity contribution in [3.63, 3.8) is 0 Å². The number of rotatable bonds is 7. The van der Waals surface area contributed by atoms with Crippen LogP contribution in [0.3, 0.4) is 0 Å². The summed E-state index contributed by atoms with van der Waals surface area (Å²) in [5, 5.41) is 2.54. The molecule has 0 aliphatic carbocycles. The number of anilines is 2. The Morgan fingerprint density at radius 3 is 2.48 bits per heavy atom. The van der Waals surface area contributed by atoms with Crippen LogP contribution in [0.4, 0.5) is 29.1 Å². The SMILES string of the molecule is CS(=O)(=O)Nc1ccc(CNC(=O)/C=C\c2ccc(C(F)(F)F)nc2N2CCCC2)cc1F. The number of hydrogen-bond donors (Lipinski definition) is 2. The molecule has 2 heterocycles. The predicted octanol–water partition coefficient (Wildman–Crippen LogP) is 3.54. The number of benzene rings is 1. The van der Waals surface area contributed by atoms with Crippen molar-refractivity contribution in [3.8, 4) is 0 Å². The Balaban J connectivity index is 1.68. The number of nitrogens with one attached hydrogen (secondary N) is 2. The minimum atomic E-state index is -4.57. The molecule has 0 spiro atoms. The molecule has 0 radical (unpaired) electrons. The van der Waals surface area contributed by atoms with Crippen LogP contribution in [0.1, 0.15) is 29.7 Å². The van der Waals surface area contributed by atoms with Gasteiger partial charge in [-0.25, -0.2) is 17.8 Å². The molecule has 1 aromatic heterocycles. The first-order valence-corrected chi connectivity index (χ1v) is 11.9. The standard InChI is InChI=1S/C21H22F4N4O3S/c1-33(31,32)28-17-7-4-14(12-16(17)22)13-26-19(30)9-6-15-5-8-18(21(23,24)25)27-20(15)29-10-2-3-11-29/h4-9,12,28H,2-3,10-11,13H2,1H3,(H,26,30)/b9-6-. The molecule has 1 saturated heterocycles. The van der Waals surface area contributed by atoms with Crippen LogP contribution >= 0.6 is 0 Å². The lowest BCUT2D eigenvalue weighted by Gasteiger charge is -2.20. The molecule has 0 saturated carbocycles. The molecule has 1 aliphatic heterocycles. The van der Waals surface area contributed by atoms with Gasteiger partial charge in [-0.15, -0.1) is 0 Å². The fourth-order valence-corrected chi connectivity index (χ4v) is 3.86. The maximum Gasteiger partial charge on any atom is 0.433 e. The Morgan fingerprint density at radius 1 is 1.18 bits per heavy atom. The Kier molecular flexibility index (Phi) is 7.25. The van der Waals surface area contributed by atoms with Crippen LogP contribution in [0.5, 0.6) is 0 Å². The van der Waals surface area contributed by atoms with Crippen LogP contribution in [0.15, 0.2) is 36.4 Å². The first-order chi connectivity index (χ1) is 15.4. The Bertz CT molecular complexity index is 1160. The summed E-state index contributed by atoms with van der Waals surface area (Å²) in [5.74, 6) is -1.17. The summed E-state index contributed by atoms with van der Waals surface area (Å²) in [4.78, 5) is 17.7. The smallest absolute Gasteiger partial charge is 0.356 e. The molecule has 0 unspecified atom stereocenters. The van der Waals surface area contributed by atoms with E-state index in [0.717, 1.165) is 31.2 Å². The van der Waals surface area contributed by atoms with E-state index < -0.39 is 33.6 Å². The summed E-state index contributed by atoms with van der Waals surface area (Å²) in [5.41, 5.74) is -0.442. The number of hydrogen-bond acceptors (Lipinski definition) is 5. The average molecular weight is 486 g/mol. The van der Waals surface area contributed by atoms with Crippen LogP contribution in [0, 0.1) is 5.82 Å². The van der Waals surface area contributed by atoms with Gasteiger partial charge in [-0.3, -0.25) is 9.52 Å². The Hall–Kier alpha value is -3.15. The van der Waals surface area contributed by atoms with E-state index in [-0.39, 0.29) is 18.1 Å². The van der Waals surface area contributed by atoms with Crippen molar-refractivity contribution in [2.75, 3.05) is 29.0 Å². The number of halogens is 4. The van der Waals surface area contributed by atoms with Crippen molar-refractivity contribution >= 4 is 33.5 Å². The zero-order chi connectivity index (χ0) is 24.2. The molecule has 0 atom stereocenters. The highest BCUT2D eigenvalue weighted by Crippen LogP contribution is 2.32. The van der Waals surface area contributed by atoms with Gasteiger partial charge in [-0.1, -0.05) is 6.07 Å². The molecule has 0 bridgehead atoms. The maximum atomic E-state index is 14.0. The first-order valence-electron chi connectivity index (χ1n) is 9.98. The Morgan fingerprint density at radius 2 is 1.88 bits per heavy atom. The van der Waals surface area contributed by atoms with Gasteiger partial charge in [0.15, 0.2) is 0 Å². The van der Waals surface area contributed by atoms with Crippen LogP contribution in [0.25, 0.3) is 6.08 Å². The number of carbonyl (C=O) groups excluding carboxylic acids is 1. The summed E-state index contributed by atoms with van der Waals surface area (Å²) in [6.45, 7) is 1.12. The van der Waals surface area contributed by atoms with Crippen LogP contribution in [-0.4, -0.2) is 38.7 Å². The van der Waals surface area contributed by atoms with Crippen molar-refractivity contribution < 1.29 is 30.8 Å². The van der Waals surface area contributed by atoms with Crippen molar-refractivity contribution in [3.05, 3.63) is 59.0 Å². The summed E-state index contributed by atoms with van der Waals surface area (Å²) >= 11 is 0. The highest BCUT2D eigenvalue weighted by molar-refractivity contribution is 7.92. The van der Waals surface area contributed by atoms with E-state index in [1.54, 1.807) is 4.90 Å². The lowest BCUT2D eigenvalue weighted by atomic mass is 10.2. The van der Waals surface area contributed by atoms with Crippen molar-refractivity contribution in [1.82, 2.24) is 10.3 Å². The second-order valence-electron chi connectivity index (χ2n) is 7.54.